The first-order valence-electron chi connectivity index (χ1n) is 9.28. The number of sulfonamides is 1. The van der Waals surface area contributed by atoms with Crippen molar-refractivity contribution in [3.63, 3.8) is 0 Å². The van der Waals surface area contributed by atoms with E-state index in [-0.39, 0.29) is 24.9 Å². The molecule has 5 nitrogen and oxygen atoms in total. The Morgan fingerprint density at radius 3 is 2.52 bits per heavy atom. The lowest BCUT2D eigenvalue weighted by atomic mass is 10.1. The van der Waals surface area contributed by atoms with Crippen LogP contribution in [0.1, 0.15) is 31.4 Å². The standard InChI is InChI=1S/C21H26N2O3S/c1-4-17-9-5-7-11-19(17)22(27(3,25)26)14-13-21(24)23-16(2)15-18-10-6-8-12-20(18)23/h5-12,16H,4,13-15H2,1-3H3. The average molecular weight is 387 g/mol. The Bertz CT molecular complexity index is 940. The van der Waals surface area contributed by atoms with Crippen LogP contribution in [0.3, 0.4) is 0 Å². The van der Waals surface area contributed by atoms with Crippen LogP contribution in [0.25, 0.3) is 0 Å². The molecule has 1 amide bonds. The molecule has 0 fully saturated rings. The highest BCUT2D eigenvalue weighted by Gasteiger charge is 2.31. The van der Waals surface area contributed by atoms with Gasteiger partial charge in [0.1, 0.15) is 0 Å². The van der Waals surface area contributed by atoms with Crippen LogP contribution in [0, 0.1) is 0 Å². The maximum absolute atomic E-state index is 12.9. The lowest BCUT2D eigenvalue weighted by Gasteiger charge is -2.27. The van der Waals surface area contributed by atoms with Crippen LogP contribution < -0.4 is 9.21 Å². The molecule has 2 aromatic carbocycles. The van der Waals surface area contributed by atoms with Gasteiger partial charge in [0.25, 0.3) is 0 Å². The van der Waals surface area contributed by atoms with Gasteiger partial charge in [-0.15, -0.1) is 0 Å². The molecule has 1 aliphatic rings. The van der Waals surface area contributed by atoms with Gasteiger partial charge in [-0.2, -0.15) is 0 Å². The number of nitrogens with zero attached hydrogens (tertiary/aromatic N) is 2. The first-order chi connectivity index (χ1) is 12.8. The van der Waals surface area contributed by atoms with Gasteiger partial charge in [0, 0.05) is 24.7 Å². The summed E-state index contributed by atoms with van der Waals surface area (Å²) in [5.74, 6) is -0.0462. The lowest BCUT2D eigenvalue weighted by molar-refractivity contribution is -0.118. The molecule has 0 aliphatic carbocycles. The van der Waals surface area contributed by atoms with Crippen molar-refractivity contribution in [2.75, 3.05) is 22.0 Å². The van der Waals surface area contributed by atoms with Crippen LogP contribution in [0.4, 0.5) is 11.4 Å². The van der Waals surface area contributed by atoms with Crippen molar-refractivity contribution >= 4 is 27.3 Å². The van der Waals surface area contributed by atoms with E-state index >= 15 is 0 Å². The average Bonchev–Trinajstić information content (AvgIpc) is 2.96. The molecule has 6 heteroatoms. The predicted molar refractivity (Wildman–Crippen MR) is 110 cm³/mol. The predicted octanol–water partition coefficient (Wildman–Crippen LogP) is 3.38. The van der Waals surface area contributed by atoms with Crippen LogP contribution in [-0.4, -0.2) is 33.2 Å². The number of anilines is 2. The van der Waals surface area contributed by atoms with Crippen molar-refractivity contribution < 1.29 is 13.2 Å². The highest BCUT2D eigenvalue weighted by atomic mass is 32.2. The van der Waals surface area contributed by atoms with Crippen molar-refractivity contribution in [2.45, 2.75) is 39.2 Å². The minimum absolute atomic E-state index is 0.0462. The van der Waals surface area contributed by atoms with Crippen molar-refractivity contribution in [3.05, 3.63) is 59.7 Å². The summed E-state index contributed by atoms with van der Waals surface area (Å²) in [5.41, 5.74) is 3.71. The Kier molecular flexibility index (Phi) is 5.56. The number of amides is 1. The Hall–Kier alpha value is -2.34. The molecule has 0 bridgehead atoms. The van der Waals surface area contributed by atoms with Gasteiger partial charge in [-0.25, -0.2) is 8.42 Å². The molecule has 144 valence electrons. The summed E-state index contributed by atoms with van der Waals surface area (Å²) in [6.45, 7) is 4.16. The van der Waals surface area contributed by atoms with E-state index in [0.717, 1.165) is 29.7 Å². The molecule has 1 heterocycles. The minimum atomic E-state index is -3.48. The van der Waals surface area contributed by atoms with Crippen molar-refractivity contribution in [1.82, 2.24) is 0 Å². The third kappa shape index (κ3) is 4.00. The Labute approximate surface area is 161 Å². The molecule has 27 heavy (non-hydrogen) atoms. The van der Waals surface area contributed by atoms with E-state index in [4.69, 9.17) is 0 Å². The summed E-state index contributed by atoms with van der Waals surface area (Å²) in [4.78, 5) is 14.7. The number of fused-ring (bicyclic) bond motifs is 1. The molecular formula is C21H26N2O3S. The second-order valence-corrected chi connectivity index (χ2v) is 8.92. The maximum Gasteiger partial charge on any atom is 0.232 e. The first-order valence-corrected chi connectivity index (χ1v) is 11.1. The number of carbonyl (C=O) groups is 1. The van der Waals surface area contributed by atoms with Crippen molar-refractivity contribution in [2.24, 2.45) is 0 Å². The fraction of sp³-hybridized carbons (Fsp3) is 0.381. The van der Waals surface area contributed by atoms with Crippen LogP contribution in [-0.2, 0) is 27.7 Å². The second kappa shape index (κ2) is 7.72. The summed E-state index contributed by atoms with van der Waals surface area (Å²) < 4.78 is 26.2. The first kappa shape index (κ1) is 19.4. The zero-order valence-corrected chi connectivity index (χ0v) is 16.9. The van der Waals surface area contributed by atoms with E-state index in [1.807, 2.05) is 61.2 Å². The van der Waals surface area contributed by atoms with Gasteiger partial charge in [0.15, 0.2) is 0 Å². The lowest BCUT2D eigenvalue weighted by Crippen LogP contribution is -2.39. The fourth-order valence-corrected chi connectivity index (χ4v) is 4.74. The molecule has 1 atom stereocenters. The van der Waals surface area contributed by atoms with E-state index in [9.17, 15) is 13.2 Å². The van der Waals surface area contributed by atoms with Gasteiger partial charge in [-0.3, -0.25) is 9.10 Å². The summed E-state index contributed by atoms with van der Waals surface area (Å²) in [6, 6.07) is 15.4. The minimum Gasteiger partial charge on any atom is -0.309 e. The van der Waals surface area contributed by atoms with Crippen LogP contribution in [0.15, 0.2) is 48.5 Å². The molecule has 1 aliphatic heterocycles. The van der Waals surface area contributed by atoms with Crippen molar-refractivity contribution in [1.29, 1.82) is 0 Å². The topological polar surface area (TPSA) is 57.7 Å². The quantitative estimate of drug-likeness (QED) is 0.765. The molecule has 2 aromatic rings. The van der Waals surface area contributed by atoms with Crippen molar-refractivity contribution in [3.8, 4) is 0 Å². The van der Waals surface area contributed by atoms with Crippen LogP contribution in [0.5, 0.6) is 0 Å². The number of rotatable bonds is 6. The van der Waals surface area contributed by atoms with Gasteiger partial charge in [-0.1, -0.05) is 43.3 Å². The summed E-state index contributed by atoms with van der Waals surface area (Å²) in [6.07, 6.45) is 2.89. The zero-order valence-electron chi connectivity index (χ0n) is 16.1. The molecule has 0 saturated heterocycles. The molecule has 3 rings (SSSR count). The normalized spacial score (nSPS) is 16.3. The molecule has 0 radical (unpaired) electrons. The SMILES string of the molecule is CCc1ccccc1N(CCC(=O)N1c2ccccc2CC1C)S(C)(=O)=O. The molecule has 1 unspecified atom stereocenters. The Morgan fingerprint density at radius 2 is 1.81 bits per heavy atom. The number of benzene rings is 2. The monoisotopic (exact) mass is 386 g/mol. The highest BCUT2D eigenvalue weighted by Crippen LogP contribution is 2.32. The highest BCUT2D eigenvalue weighted by molar-refractivity contribution is 7.92. The van der Waals surface area contributed by atoms with E-state index in [0.29, 0.717) is 5.69 Å². The van der Waals surface area contributed by atoms with Gasteiger partial charge in [-0.05, 0) is 43.0 Å². The number of para-hydroxylation sites is 2. The number of hydrogen-bond acceptors (Lipinski definition) is 3. The molecule has 0 spiro atoms. The summed E-state index contributed by atoms with van der Waals surface area (Å²) in [7, 11) is -3.48. The molecular weight excluding hydrogens is 360 g/mol. The van der Waals surface area contributed by atoms with E-state index in [1.54, 1.807) is 6.07 Å². The Balaban J connectivity index is 1.82. The number of aryl methyl sites for hydroxylation is 1. The second-order valence-electron chi connectivity index (χ2n) is 7.01. The molecule has 0 N–H and O–H groups in total. The summed E-state index contributed by atoms with van der Waals surface area (Å²) in [5, 5.41) is 0. The fourth-order valence-electron chi connectivity index (χ4n) is 3.78. The van der Waals surface area contributed by atoms with Gasteiger partial charge in [0.2, 0.25) is 15.9 Å². The number of hydrogen-bond donors (Lipinski definition) is 0. The van der Waals surface area contributed by atoms with E-state index < -0.39 is 10.0 Å². The third-order valence-electron chi connectivity index (χ3n) is 5.05. The van der Waals surface area contributed by atoms with Gasteiger partial charge in [0.05, 0.1) is 11.9 Å². The maximum atomic E-state index is 12.9. The van der Waals surface area contributed by atoms with Gasteiger partial charge >= 0.3 is 0 Å². The smallest absolute Gasteiger partial charge is 0.232 e. The molecule has 0 aromatic heterocycles. The largest absolute Gasteiger partial charge is 0.309 e. The van der Waals surface area contributed by atoms with Crippen LogP contribution >= 0.6 is 0 Å². The number of carbonyl (C=O) groups excluding carboxylic acids is 1. The van der Waals surface area contributed by atoms with E-state index in [2.05, 4.69) is 0 Å². The Morgan fingerprint density at radius 1 is 1.15 bits per heavy atom. The summed E-state index contributed by atoms with van der Waals surface area (Å²) >= 11 is 0. The third-order valence-corrected chi connectivity index (χ3v) is 6.23. The molecule has 0 saturated carbocycles. The zero-order chi connectivity index (χ0) is 19.6. The van der Waals surface area contributed by atoms with Gasteiger partial charge < -0.3 is 4.90 Å². The van der Waals surface area contributed by atoms with E-state index in [1.165, 1.54) is 10.6 Å². The van der Waals surface area contributed by atoms with Crippen LogP contribution in [0.2, 0.25) is 0 Å².